The zero-order chi connectivity index (χ0) is 23.8. The van der Waals surface area contributed by atoms with E-state index in [1.54, 1.807) is 32.4 Å². The molecule has 0 aliphatic carbocycles. The van der Waals surface area contributed by atoms with Crippen molar-refractivity contribution in [2.45, 2.75) is 5.16 Å². The van der Waals surface area contributed by atoms with Crippen LogP contribution in [0.2, 0.25) is 0 Å². The molecule has 3 aromatic carbocycles. The Balaban J connectivity index is 1.47. The van der Waals surface area contributed by atoms with Gasteiger partial charge in [-0.05, 0) is 30.3 Å². The summed E-state index contributed by atoms with van der Waals surface area (Å²) in [6, 6.07) is 25.0. The molecular formula is C25H23N5O3S. The lowest BCUT2D eigenvalue weighted by Gasteiger charge is -2.10. The lowest BCUT2D eigenvalue weighted by atomic mass is 10.2. The van der Waals surface area contributed by atoms with Crippen molar-refractivity contribution in [3.8, 4) is 28.6 Å². The van der Waals surface area contributed by atoms with Crippen molar-refractivity contribution in [3.63, 3.8) is 0 Å². The average molecular weight is 474 g/mol. The van der Waals surface area contributed by atoms with Crippen LogP contribution in [0.25, 0.3) is 17.1 Å². The lowest BCUT2D eigenvalue weighted by molar-refractivity contribution is -0.118. The molecule has 0 spiro atoms. The van der Waals surface area contributed by atoms with Crippen LogP contribution in [0.1, 0.15) is 5.56 Å². The van der Waals surface area contributed by atoms with E-state index in [9.17, 15) is 4.79 Å². The normalized spacial score (nSPS) is 10.9. The number of aromatic nitrogens is 3. The monoisotopic (exact) mass is 473 g/mol. The zero-order valence-electron chi connectivity index (χ0n) is 18.7. The van der Waals surface area contributed by atoms with Gasteiger partial charge in [0.1, 0.15) is 11.5 Å². The lowest BCUT2D eigenvalue weighted by Crippen LogP contribution is -2.20. The molecule has 0 aliphatic heterocycles. The van der Waals surface area contributed by atoms with Crippen molar-refractivity contribution in [1.29, 1.82) is 0 Å². The van der Waals surface area contributed by atoms with Crippen LogP contribution in [-0.2, 0) is 4.79 Å². The van der Waals surface area contributed by atoms with Gasteiger partial charge in [-0.25, -0.2) is 5.43 Å². The van der Waals surface area contributed by atoms with Crippen LogP contribution < -0.4 is 14.9 Å². The van der Waals surface area contributed by atoms with Gasteiger partial charge in [0.2, 0.25) is 0 Å². The highest BCUT2D eigenvalue weighted by Crippen LogP contribution is 2.27. The smallest absolute Gasteiger partial charge is 0.250 e. The quantitative estimate of drug-likeness (QED) is 0.223. The summed E-state index contributed by atoms with van der Waals surface area (Å²) >= 11 is 1.28. The molecule has 0 bridgehead atoms. The number of benzene rings is 3. The number of para-hydroxylation sites is 1. The van der Waals surface area contributed by atoms with Crippen molar-refractivity contribution in [2.75, 3.05) is 20.0 Å². The minimum absolute atomic E-state index is 0.117. The highest BCUT2D eigenvalue weighted by atomic mass is 32.2. The van der Waals surface area contributed by atoms with E-state index in [0.29, 0.717) is 28.0 Å². The Hall–Kier alpha value is -4.11. The number of hydrogen-bond donors (Lipinski definition) is 1. The van der Waals surface area contributed by atoms with Crippen LogP contribution in [-0.4, -0.2) is 46.9 Å². The third-order valence-corrected chi connectivity index (χ3v) is 5.77. The first-order valence-corrected chi connectivity index (χ1v) is 11.4. The van der Waals surface area contributed by atoms with E-state index in [1.807, 2.05) is 65.2 Å². The van der Waals surface area contributed by atoms with Crippen LogP contribution >= 0.6 is 11.8 Å². The van der Waals surface area contributed by atoms with Crippen LogP contribution in [0.15, 0.2) is 89.1 Å². The Bertz CT molecular complexity index is 1280. The number of hydrazone groups is 1. The second kappa shape index (κ2) is 11.2. The molecule has 0 unspecified atom stereocenters. The van der Waals surface area contributed by atoms with E-state index >= 15 is 0 Å². The van der Waals surface area contributed by atoms with Gasteiger partial charge in [0.15, 0.2) is 11.0 Å². The molecule has 1 amide bonds. The summed E-state index contributed by atoms with van der Waals surface area (Å²) < 4.78 is 12.5. The number of nitrogens with one attached hydrogen (secondary N) is 1. The zero-order valence-corrected chi connectivity index (χ0v) is 19.5. The van der Waals surface area contributed by atoms with Gasteiger partial charge in [0.05, 0.1) is 26.2 Å². The highest BCUT2D eigenvalue weighted by molar-refractivity contribution is 7.99. The number of ether oxygens (including phenoxy) is 2. The first-order valence-electron chi connectivity index (χ1n) is 10.4. The number of nitrogens with zero attached hydrogens (tertiary/aromatic N) is 4. The third-order valence-electron chi connectivity index (χ3n) is 4.84. The van der Waals surface area contributed by atoms with Crippen molar-refractivity contribution in [1.82, 2.24) is 20.2 Å². The molecule has 1 aromatic heterocycles. The molecule has 1 N–H and O–H groups in total. The van der Waals surface area contributed by atoms with Gasteiger partial charge < -0.3 is 9.47 Å². The SMILES string of the molecule is COc1ccc(OC)c(C=NNC(=O)CSc2nnc(-c3ccccc3)n2-c2ccccc2)c1. The molecule has 172 valence electrons. The molecule has 0 fully saturated rings. The number of hydrogen-bond acceptors (Lipinski definition) is 7. The Morgan fingerprint density at radius 1 is 1.00 bits per heavy atom. The Labute approximate surface area is 201 Å². The number of amides is 1. The molecule has 9 heteroatoms. The summed E-state index contributed by atoms with van der Waals surface area (Å²) in [7, 11) is 3.15. The van der Waals surface area contributed by atoms with Crippen LogP contribution in [0.5, 0.6) is 11.5 Å². The van der Waals surface area contributed by atoms with Crippen LogP contribution in [0.4, 0.5) is 0 Å². The predicted molar refractivity (Wildman–Crippen MR) is 133 cm³/mol. The third kappa shape index (κ3) is 5.44. The van der Waals surface area contributed by atoms with E-state index in [2.05, 4.69) is 20.7 Å². The predicted octanol–water partition coefficient (Wildman–Crippen LogP) is 4.19. The van der Waals surface area contributed by atoms with Gasteiger partial charge in [-0.15, -0.1) is 10.2 Å². The molecule has 0 saturated carbocycles. The van der Waals surface area contributed by atoms with Gasteiger partial charge in [0.25, 0.3) is 5.91 Å². The van der Waals surface area contributed by atoms with E-state index in [1.165, 1.54) is 18.0 Å². The van der Waals surface area contributed by atoms with E-state index in [4.69, 9.17) is 9.47 Å². The molecule has 0 aliphatic rings. The van der Waals surface area contributed by atoms with E-state index < -0.39 is 0 Å². The molecule has 4 rings (SSSR count). The second-order valence-corrected chi connectivity index (χ2v) is 7.98. The summed E-state index contributed by atoms with van der Waals surface area (Å²) in [6.07, 6.45) is 1.52. The van der Waals surface area contributed by atoms with Crippen molar-refractivity contribution >= 4 is 23.9 Å². The minimum atomic E-state index is -0.271. The average Bonchev–Trinajstić information content (AvgIpc) is 3.32. The molecule has 0 atom stereocenters. The number of rotatable bonds is 9. The Kier molecular flexibility index (Phi) is 7.56. The molecule has 8 nitrogen and oxygen atoms in total. The fourth-order valence-corrected chi connectivity index (χ4v) is 3.97. The fourth-order valence-electron chi connectivity index (χ4n) is 3.22. The summed E-state index contributed by atoms with van der Waals surface area (Å²) in [5.41, 5.74) is 5.08. The van der Waals surface area contributed by atoms with Crippen molar-refractivity contribution < 1.29 is 14.3 Å². The number of thioether (sulfide) groups is 1. The molecule has 0 radical (unpaired) electrons. The van der Waals surface area contributed by atoms with E-state index in [-0.39, 0.29) is 11.7 Å². The fraction of sp³-hybridized carbons (Fsp3) is 0.120. The Morgan fingerprint density at radius 2 is 1.74 bits per heavy atom. The maximum Gasteiger partial charge on any atom is 0.250 e. The first kappa shape index (κ1) is 23.1. The number of carbonyl (C=O) groups excluding carboxylic acids is 1. The largest absolute Gasteiger partial charge is 0.497 e. The molecule has 4 aromatic rings. The van der Waals surface area contributed by atoms with Crippen LogP contribution in [0.3, 0.4) is 0 Å². The van der Waals surface area contributed by atoms with Crippen molar-refractivity contribution in [2.24, 2.45) is 5.10 Å². The summed E-state index contributed by atoms with van der Waals surface area (Å²) in [4.78, 5) is 12.4. The van der Waals surface area contributed by atoms with E-state index in [0.717, 1.165) is 11.3 Å². The second-order valence-electron chi connectivity index (χ2n) is 7.03. The summed E-state index contributed by atoms with van der Waals surface area (Å²) in [5.74, 6) is 1.84. The Morgan fingerprint density at radius 3 is 2.44 bits per heavy atom. The topological polar surface area (TPSA) is 90.6 Å². The number of methoxy groups -OCH3 is 2. The molecule has 1 heterocycles. The first-order chi connectivity index (χ1) is 16.7. The maximum absolute atomic E-state index is 12.4. The minimum Gasteiger partial charge on any atom is -0.497 e. The molecule has 0 saturated heterocycles. The number of carbonyl (C=O) groups is 1. The van der Waals surface area contributed by atoms with Crippen LogP contribution in [0, 0.1) is 0 Å². The van der Waals surface area contributed by atoms with Gasteiger partial charge in [-0.2, -0.15) is 5.10 Å². The van der Waals surface area contributed by atoms with Gasteiger partial charge in [-0.1, -0.05) is 60.3 Å². The molecule has 34 heavy (non-hydrogen) atoms. The van der Waals surface area contributed by atoms with Gasteiger partial charge >= 0.3 is 0 Å². The van der Waals surface area contributed by atoms with Gasteiger partial charge in [-0.3, -0.25) is 9.36 Å². The maximum atomic E-state index is 12.4. The standard InChI is InChI=1S/C25H23N5O3S/c1-32-21-13-14-22(33-2)19(15-21)16-26-27-23(31)17-34-25-29-28-24(18-9-5-3-6-10-18)30(25)20-11-7-4-8-12-20/h3-16H,17H2,1-2H3,(H,27,31). The van der Waals surface area contributed by atoms with Gasteiger partial charge in [0, 0.05) is 16.8 Å². The van der Waals surface area contributed by atoms with Crippen molar-refractivity contribution in [3.05, 3.63) is 84.4 Å². The highest BCUT2D eigenvalue weighted by Gasteiger charge is 2.17. The summed E-state index contributed by atoms with van der Waals surface area (Å²) in [5, 5.41) is 13.4. The summed E-state index contributed by atoms with van der Waals surface area (Å²) in [6.45, 7) is 0. The molecular weight excluding hydrogens is 450 g/mol.